The fraction of sp³-hybridized carbons (Fsp3) is 0.667. The van der Waals surface area contributed by atoms with E-state index in [1.165, 1.54) is 4.31 Å². The lowest BCUT2D eigenvalue weighted by molar-refractivity contribution is 0.359. The van der Waals surface area contributed by atoms with Crippen molar-refractivity contribution in [1.82, 2.24) is 19.2 Å². The van der Waals surface area contributed by atoms with Crippen LogP contribution in [0.3, 0.4) is 0 Å². The van der Waals surface area contributed by atoms with E-state index in [-0.39, 0.29) is 5.03 Å². The highest BCUT2D eigenvalue weighted by molar-refractivity contribution is 7.89. The second-order valence-electron chi connectivity index (χ2n) is 3.70. The molecule has 7 heteroatoms. The SMILES string of the molecule is CCn1cnc(S(=O)(=O)N2CCNCC2)c1. The lowest BCUT2D eigenvalue weighted by atomic mass is 10.4. The number of imidazole rings is 1. The topological polar surface area (TPSA) is 67.2 Å². The summed E-state index contributed by atoms with van der Waals surface area (Å²) >= 11 is 0. The third-order valence-electron chi connectivity index (χ3n) is 2.65. The first-order chi connectivity index (χ1) is 7.64. The van der Waals surface area contributed by atoms with Crippen molar-refractivity contribution >= 4 is 10.0 Å². The van der Waals surface area contributed by atoms with E-state index in [1.54, 1.807) is 17.1 Å². The summed E-state index contributed by atoms with van der Waals surface area (Å²) in [5.41, 5.74) is 0. The largest absolute Gasteiger partial charge is 0.336 e. The number of nitrogens with one attached hydrogen (secondary N) is 1. The van der Waals surface area contributed by atoms with Gasteiger partial charge in [0.1, 0.15) is 0 Å². The molecule has 0 atom stereocenters. The molecule has 0 aliphatic carbocycles. The number of hydrogen-bond acceptors (Lipinski definition) is 4. The first-order valence-electron chi connectivity index (χ1n) is 5.37. The zero-order valence-corrected chi connectivity index (χ0v) is 10.1. The fourth-order valence-electron chi connectivity index (χ4n) is 1.66. The van der Waals surface area contributed by atoms with E-state index in [9.17, 15) is 8.42 Å². The van der Waals surface area contributed by atoms with Crippen LogP contribution in [0.5, 0.6) is 0 Å². The van der Waals surface area contributed by atoms with Gasteiger partial charge < -0.3 is 9.88 Å². The Bertz CT molecular complexity index is 448. The number of hydrogen-bond donors (Lipinski definition) is 1. The van der Waals surface area contributed by atoms with Gasteiger partial charge in [0.25, 0.3) is 10.0 Å². The number of aryl methyl sites for hydroxylation is 1. The van der Waals surface area contributed by atoms with Gasteiger partial charge in [-0.1, -0.05) is 0 Å². The molecule has 2 rings (SSSR count). The van der Waals surface area contributed by atoms with Crippen molar-refractivity contribution in [3.8, 4) is 0 Å². The molecule has 0 amide bonds. The molecule has 1 N–H and O–H groups in total. The minimum atomic E-state index is -3.39. The molecule has 0 saturated carbocycles. The van der Waals surface area contributed by atoms with Crippen LogP contribution in [0, 0.1) is 0 Å². The van der Waals surface area contributed by atoms with Gasteiger partial charge in [-0.15, -0.1) is 0 Å². The van der Waals surface area contributed by atoms with E-state index >= 15 is 0 Å². The van der Waals surface area contributed by atoms with Crippen molar-refractivity contribution in [3.63, 3.8) is 0 Å². The Morgan fingerprint density at radius 3 is 2.69 bits per heavy atom. The van der Waals surface area contributed by atoms with Crippen molar-refractivity contribution in [2.24, 2.45) is 0 Å². The average Bonchev–Trinajstić information content (AvgIpc) is 2.79. The Kier molecular flexibility index (Phi) is 3.27. The highest BCUT2D eigenvalue weighted by Gasteiger charge is 2.27. The lowest BCUT2D eigenvalue weighted by Gasteiger charge is -2.25. The summed E-state index contributed by atoms with van der Waals surface area (Å²) in [6.45, 7) is 5.11. The molecule has 0 bridgehead atoms. The summed E-state index contributed by atoms with van der Waals surface area (Å²) in [5.74, 6) is 0. The standard InChI is InChI=1S/C9H16N4O2S/c1-2-12-7-9(11-8-12)16(14,15)13-5-3-10-4-6-13/h7-8,10H,2-6H2,1H3. The summed E-state index contributed by atoms with van der Waals surface area (Å²) in [7, 11) is -3.39. The smallest absolute Gasteiger partial charge is 0.262 e. The van der Waals surface area contributed by atoms with Crippen molar-refractivity contribution in [2.45, 2.75) is 18.5 Å². The molecule has 0 unspecified atom stereocenters. The van der Waals surface area contributed by atoms with Gasteiger partial charge in [0.05, 0.1) is 6.33 Å². The molecule has 0 spiro atoms. The van der Waals surface area contributed by atoms with Crippen LogP contribution in [0.15, 0.2) is 17.6 Å². The first kappa shape index (κ1) is 11.6. The normalized spacial score (nSPS) is 18.8. The summed E-state index contributed by atoms with van der Waals surface area (Å²) in [5, 5.41) is 3.27. The maximum absolute atomic E-state index is 12.1. The Morgan fingerprint density at radius 1 is 1.44 bits per heavy atom. The monoisotopic (exact) mass is 244 g/mol. The third-order valence-corrected chi connectivity index (χ3v) is 4.44. The van der Waals surface area contributed by atoms with Gasteiger partial charge in [-0.2, -0.15) is 4.31 Å². The van der Waals surface area contributed by atoms with Gasteiger partial charge >= 0.3 is 0 Å². The number of sulfonamides is 1. The van der Waals surface area contributed by atoms with Crippen LogP contribution in [-0.4, -0.2) is 48.5 Å². The van der Waals surface area contributed by atoms with Crippen LogP contribution in [-0.2, 0) is 16.6 Å². The highest BCUT2D eigenvalue weighted by Crippen LogP contribution is 2.13. The molecule has 1 saturated heterocycles. The Labute approximate surface area is 95.3 Å². The highest BCUT2D eigenvalue weighted by atomic mass is 32.2. The number of piperazine rings is 1. The van der Waals surface area contributed by atoms with Crippen molar-refractivity contribution in [3.05, 3.63) is 12.5 Å². The summed E-state index contributed by atoms with van der Waals surface area (Å²) < 4.78 is 27.5. The van der Waals surface area contributed by atoms with Gasteiger partial charge in [-0.05, 0) is 6.92 Å². The van der Waals surface area contributed by atoms with E-state index in [0.717, 1.165) is 6.54 Å². The van der Waals surface area contributed by atoms with Crippen LogP contribution in [0.1, 0.15) is 6.92 Å². The summed E-state index contributed by atoms with van der Waals surface area (Å²) in [4.78, 5) is 3.95. The molecule has 2 heterocycles. The lowest BCUT2D eigenvalue weighted by Crippen LogP contribution is -2.46. The second kappa shape index (κ2) is 4.52. The van der Waals surface area contributed by atoms with Crippen molar-refractivity contribution < 1.29 is 8.42 Å². The molecule has 1 aliphatic heterocycles. The maximum Gasteiger partial charge on any atom is 0.262 e. The van der Waals surface area contributed by atoms with E-state index in [4.69, 9.17) is 0 Å². The molecule has 16 heavy (non-hydrogen) atoms. The third kappa shape index (κ3) is 2.11. The zero-order chi connectivity index (χ0) is 11.6. The van der Waals surface area contributed by atoms with Crippen LogP contribution < -0.4 is 5.32 Å². The maximum atomic E-state index is 12.1. The average molecular weight is 244 g/mol. The van der Waals surface area contributed by atoms with Crippen molar-refractivity contribution in [1.29, 1.82) is 0 Å². The van der Waals surface area contributed by atoms with Gasteiger partial charge in [-0.25, -0.2) is 13.4 Å². The number of aromatic nitrogens is 2. The Morgan fingerprint density at radius 2 is 2.12 bits per heavy atom. The second-order valence-corrected chi connectivity index (χ2v) is 5.58. The quantitative estimate of drug-likeness (QED) is 0.778. The number of rotatable bonds is 3. The number of nitrogens with zero attached hydrogens (tertiary/aromatic N) is 3. The minimum Gasteiger partial charge on any atom is -0.336 e. The molecule has 0 aromatic carbocycles. The van der Waals surface area contributed by atoms with E-state index in [1.807, 2.05) is 6.92 Å². The van der Waals surface area contributed by atoms with Crippen LogP contribution in [0.4, 0.5) is 0 Å². The molecule has 1 aliphatic rings. The molecule has 90 valence electrons. The summed E-state index contributed by atoms with van der Waals surface area (Å²) in [6, 6.07) is 0. The van der Waals surface area contributed by atoms with Crippen LogP contribution in [0.2, 0.25) is 0 Å². The van der Waals surface area contributed by atoms with E-state index < -0.39 is 10.0 Å². The molecular formula is C9H16N4O2S. The van der Waals surface area contributed by atoms with Gasteiger partial charge in [0, 0.05) is 38.9 Å². The Balaban J connectivity index is 2.23. The Hall–Kier alpha value is -0.920. The van der Waals surface area contributed by atoms with E-state index in [0.29, 0.717) is 26.2 Å². The van der Waals surface area contributed by atoms with Crippen LogP contribution >= 0.6 is 0 Å². The minimum absolute atomic E-state index is 0.149. The predicted octanol–water partition coefficient (Wildman–Crippen LogP) is -0.503. The molecule has 6 nitrogen and oxygen atoms in total. The summed E-state index contributed by atoms with van der Waals surface area (Å²) in [6.07, 6.45) is 3.13. The molecule has 1 aromatic heterocycles. The van der Waals surface area contributed by atoms with Gasteiger partial charge in [-0.3, -0.25) is 0 Å². The van der Waals surface area contributed by atoms with Crippen molar-refractivity contribution in [2.75, 3.05) is 26.2 Å². The first-order valence-corrected chi connectivity index (χ1v) is 6.81. The molecule has 1 aromatic rings. The van der Waals surface area contributed by atoms with Gasteiger partial charge in [0.2, 0.25) is 0 Å². The van der Waals surface area contributed by atoms with Gasteiger partial charge in [0.15, 0.2) is 5.03 Å². The van der Waals surface area contributed by atoms with Crippen LogP contribution in [0.25, 0.3) is 0 Å². The fourth-order valence-corrected chi connectivity index (χ4v) is 3.04. The molecule has 0 radical (unpaired) electrons. The zero-order valence-electron chi connectivity index (χ0n) is 9.26. The van der Waals surface area contributed by atoms with E-state index in [2.05, 4.69) is 10.3 Å². The predicted molar refractivity (Wildman–Crippen MR) is 59.5 cm³/mol. The molecular weight excluding hydrogens is 228 g/mol. The molecule has 1 fully saturated rings.